The molecule has 0 amide bonds. The maximum atomic E-state index is 6.10. The molecule has 74 valence electrons. The first kappa shape index (κ1) is 13.3. The van der Waals surface area contributed by atoms with Gasteiger partial charge in [-0.25, -0.2) is 0 Å². The Bertz CT molecular complexity index is 109. The van der Waals surface area contributed by atoms with E-state index in [0.717, 1.165) is 36.7 Å². The first-order valence-corrected chi connectivity index (χ1v) is 15.1. The summed E-state index contributed by atoms with van der Waals surface area (Å²) in [5.41, 5.74) is 0. The molecule has 1 nitrogen and oxygen atoms in total. The quantitative estimate of drug-likeness (QED) is 0.509. The molecule has 0 N–H and O–H groups in total. The van der Waals surface area contributed by atoms with Crippen LogP contribution >= 0.6 is 17.8 Å². The van der Waals surface area contributed by atoms with E-state index < -0.39 is 16.5 Å². The van der Waals surface area contributed by atoms with Crippen molar-refractivity contribution in [3.63, 3.8) is 0 Å². The van der Waals surface area contributed by atoms with Gasteiger partial charge in [-0.05, 0) is 0 Å². The van der Waals surface area contributed by atoms with Crippen molar-refractivity contribution in [3.8, 4) is 0 Å². The standard InChI is InChI=1S/C4H9O.C4H9.2ClH.Sn/c1-2-3-4-5;1-3-4-2;;;/h2-4H2,1H3;1,3-4H2,2H3;2*1H;/q-1;;;;+3/p-2. The van der Waals surface area contributed by atoms with E-state index in [1.165, 1.54) is 0 Å². The Morgan fingerprint density at radius 3 is 2.17 bits per heavy atom. The summed E-state index contributed by atoms with van der Waals surface area (Å²) >= 11 is -3.02. The summed E-state index contributed by atoms with van der Waals surface area (Å²) in [6.07, 6.45) is 4.47. The number of hydrogen-bond acceptors (Lipinski definition) is 1. The Hall–Kier alpha value is 1.34. The van der Waals surface area contributed by atoms with Crippen LogP contribution in [0.5, 0.6) is 0 Å². The van der Waals surface area contributed by atoms with Crippen LogP contribution in [-0.4, -0.2) is 23.1 Å². The van der Waals surface area contributed by atoms with E-state index in [9.17, 15) is 0 Å². The third kappa shape index (κ3) is 7.96. The molecule has 0 heterocycles. The van der Waals surface area contributed by atoms with E-state index in [0.29, 0.717) is 0 Å². The van der Waals surface area contributed by atoms with Gasteiger partial charge in [-0.2, -0.15) is 0 Å². The molecule has 0 rings (SSSR count). The fourth-order valence-electron chi connectivity index (χ4n) is 0.821. The summed E-state index contributed by atoms with van der Waals surface area (Å²) in [6, 6.07) is 0. The Kier molecular flexibility index (Phi) is 8.58. The molecule has 0 fully saturated rings. The van der Waals surface area contributed by atoms with Gasteiger partial charge < -0.3 is 0 Å². The predicted octanol–water partition coefficient (Wildman–Crippen LogP) is 4.02. The fraction of sp³-hybridized carbons (Fsp3) is 1.00. The van der Waals surface area contributed by atoms with E-state index in [1.807, 2.05) is 0 Å². The average Bonchev–Trinajstić information content (AvgIpc) is 2.01. The third-order valence-corrected chi connectivity index (χ3v) is 10.1. The SMILES string of the molecule is CCCC[O][Sn]([Cl])([Cl])[CH2]CCC. The topological polar surface area (TPSA) is 9.23 Å². The van der Waals surface area contributed by atoms with Crippen molar-refractivity contribution in [2.45, 2.75) is 44.0 Å². The molecule has 0 aliphatic rings. The molecule has 0 spiro atoms. The summed E-state index contributed by atoms with van der Waals surface area (Å²) in [4.78, 5) is 0. The molecule has 0 aliphatic heterocycles. The van der Waals surface area contributed by atoms with Gasteiger partial charge in [0.1, 0.15) is 0 Å². The van der Waals surface area contributed by atoms with Gasteiger partial charge in [0.25, 0.3) is 0 Å². The monoisotopic (exact) mass is 320 g/mol. The Labute approximate surface area is 87.6 Å². The van der Waals surface area contributed by atoms with E-state index in [4.69, 9.17) is 20.9 Å². The normalized spacial score (nSPS) is 12.0. The Morgan fingerprint density at radius 2 is 1.67 bits per heavy atom. The van der Waals surface area contributed by atoms with Crippen LogP contribution in [0.4, 0.5) is 0 Å². The summed E-state index contributed by atoms with van der Waals surface area (Å²) in [6.45, 7) is 5.03. The summed E-state index contributed by atoms with van der Waals surface area (Å²) < 4.78 is 6.44. The van der Waals surface area contributed by atoms with Gasteiger partial charge in [-0.3, -0.25) is 0 Å². The molecule has 0 unspecified atom stereocenters. The predicted molar refractivity (Wildman–Crippen MR) is 58.0 cm³/mol. The molecule has 0 aromatic carbocycles. The molecular weight excluding hydrogens is 302 g/mol. The van der Waals surface area contributed by atoms with Crippen LogP contribution in [0.15, 0.2) is 0 Å². The molecule has 4 heteroatoms. The molecule has 0 aromatic heterocycles. The summed E-state index contributed by atoms with van der Waals surface area (Å²) in [7, 11) is 12.2. The molecule has 0 aromatic rings. The first-order chi connectivity index (χ1) is 5.62. The van der Waals surface area contributed by atoms with Crippen molar-refractivity contribution in [1.29, 1.82) is 0 Å². The molecule has 0 radical (unpaired) electrons. The van der Waals surface area contributed by atoms with Crippen LogP contribution in [0, 0.1) is 0 Å². The van der Waals surface area contributed by atoms with Gasteiger partial charge in [0.15, 0.2) is 0 Å². The van der Waals surface area contributed by atoms with E-state index in [-0.39, 0.29) is 0 Å². The fourth-order valence-corrected chi connectivity index (χ4v) is 7.51. The molecule has 0 saturated heterocycles. The van der Waals surface area contributed by atoms with Gasteiger partial charge >= 0.3 is 88.0 Å². The summed E-state index contributed by atoms with van der Waals surface area (Å²) in [5, 5.41) is 0. The van der Waals surface area contributed by atoms with Gasteiger partial charge in [0, 0.05) is 0 Å². The molecular formula is C8H18Cl2OSn. The zero-order chi connectivity index (χ0) is 9.45. The van der Waals surface area contributed by atoms with Crippen molar-refractivity contribution in [1.82, 2.24) is 0 Å². The van der Waals surface area contributed by atoms with E-state index in [1.54, 1.807) is 0 Å². The zero-order valence-electron chi connectivity index (χ0n) is 7.91. The maximum absolute atomic E-state index is 6.10. The van der Waals surface area contributed by atoms with Gasteiger partial charge in [-0.15, -0.1) is 0 Å². The molecule has 0 bridgehead atoms. The first-order valence-electron chi connectivity index (χ1n) is 4.64. The van der Waals surface area contributed by atoms with Crippen LogP contribution in [0.1, 0.15) is 39.5 Å². The van der Waals surface area contributed by atoms with E-state index in [2.05, 4.69) is 13.8 Å². The Morgan fingerprint density at radius 1 is 1.08 bits per heavy atom. The third-order valence-electron chi connectivity index (χ3n) is 1.63. The average molecular weight is 320 g/mol. The molecule has 0 aliphatic carbocycles. The number of rotatable bonds is 7. The van der Waals surface area contributed by atoms with Gasteiger partial charge in [-0.1, -0.05) is 0 Å². The zero-order valence-corrected chi connectivity index (χ0v) is 12.3. The van der Waals surface area contributed by atoms with Crippen LogP contribution in [0.2, 0.25) is 4.44 Å². The number of halogens is 2. The van der Waals surface area contributed by atoms with E-state index >= 15 is 0 Å². The Balaban J connectivity index is 3.42. The second-order valence-corrected chi connectivity index (χ2v) is 18.3. The number of unbranched alkanes of at least 4 members (excludes halogenated alkanes) is 2. The van der Waals surface area contributed by atoms with Crippen molar-refractivity contribution < 1.29 is 3.07 Å². The van der Waals surface area contributed by atoms with Crippen molar-refractivity contribution in [2.75, 3.05) is 6.61 Å². The van der Waals surface area contributed by atoms with Crippen molar-refractivity contribution in [2.24, 2.45) is 0 Å². The van der Waals surface area contributed by atoms with Crippen LogP contribution < -0.4 is 0 Å². The van der Waals surface area contributed by atoms with Crippen LogP contribution in [-0.2, 0) is 3.07 Å². The van der Waals surface area contributed by atoms with Crippen molar-refractivity contribution >= 4 is 34.4 Å². The molecule has 0 saturated carbocycles. The van der Waals surface area contributed by atoms with Gasteiger partial charge in [0.2, 0.25) is 0 Å². The van der Waals surface area contributed by atoms with Crippen LogP contribution in [0.3, 0.4) is 0 Å². The second kappa shape index (κ2) is 7.72. The number of hydrogen-bond donors (Lipinski definition) is 0. The second-order valence-electron chi connectivity index (χ2n) is 2.94. The summed E-state index contributed by atoms with van der Waals surface area (Å²) in [5.74, 6) is 0. The molecule has 0 atom stereocenters. The molecule has 12 heavy (non-hydrogen) atoms. The minimum absolute atomic E-state index is 0.753. The van der Waals surface area contributed by atoms with Crippen LogP contribution in [0.25, 0.3) is 0 Å². The minimum atomic E-state index is -3.02. The van der Waals surface area contributed by atoms with Gasteiger partial charge in [0.05, 0.1) is 0 Å². The van der Waals surface area contributed by atoms with Crippen molar-refractivity contribution in [3.05, 3.63) is 0 Å².